The molecule has 1 aliphatic heterocycles. The Morgan fingerprint density at radius 1 is 1.33 bits per heavy atom. The number of rotatable bonds is 0. The van der Waals surface area contributed by atoms with E-state index in [0.29, 0.717) is 0 Å². The molecule has 0 fully saturated rings. The average Bonchev–Trinajstić information content (AvgIpc) is 2.43. The number of esters is 1. The van der Waals surface area contributed by atoms with Gasteiger partial charge in [-0.3, -0.25) is 0 Å². The van der Waals surface area contributed by atoms with E-state index in [-0.39, 0.29) is 16.8 Å². The van der Waals surface area contributed by atoms with Gasteiger partial charge in [0.05, 0.1) is 5.56 Å². The molecular formula is C9H6F3NO2. The maximum absolute atomic E-state index is 12.4. The molecule has 1 aromatic rings. The van der Waals surface area contributed by atoms with Gasteiger partial charge in [-0.15, -0.1) is 0 Å². The van der Waals surface area contributed by atoms with E-state index in [0.717, 1.165) is 6.07 Å². The number of hydrogen-bond acceptors (Lipinski definition) is 3. The third-order valence-corrected chi connectivity index (χ3v) is 2.10. The minimum Gasteiger partial charge on any atom is -0.444 e. The zero-order chi connectivity index (χ0) is 11.2. The molecule has 3 nitrogen and oxygen atoms in total. The fourth-order valence-electron chi connectivity index (χ4n) is 1.46. The molecule has 80 valence electrons. The number of cyclic esters (lactones) is 1. The lowest BCUT2D eigenvalue weighted by Gasteiger charge is -2.14. The van der Waals surface area contributed by atoms with Crippen molar-refractivity contribution >= 4 is 11.7 Å². The zero-order valence-electron chi connectivity index (χ0n) is 7.34. The predicted molar refractivity (Wildman–Crippen MR) is 45.1 cm³/mol. The van der Waals surface area contributed by atoms with Crippen LogP contribution < -0.4 is 5.73 Å². The number of alkyl halides is 3. The van der Waals surface area contributed by atoms with Crippen LogP contribution in [0.15, 0.2) is 18.2 Å². The summed E-state index contributed by atoms with van der Waals surface area (Å²) < 4.78 is 41.4. The van der Waals surface area contributed by atoms with Crippen LogP contribution in [0.25, 0.3) is 0 Å². The van der Waals surface area contributed by atoms with E-state index < -0.39 is 18.2 Å². The van der Waals surface area contributed by atoms with Crippen LogP contribution in [0.2, 0.25) is 0 Å². The van der Waals surface area contributed by atoms with Crippen LogP contribution >= 0.6 is 0 Å². The van der Waals surface area contributed by atoms with Gasteiger partial charge < -0.3 is 10.5 Å². The first kappa shape index (κ1) is 9.82. The molecule has 1 atom stereocenters. The average molecular weight is 217 g/mol. The van der Waals surface area contributed by atoms with Crippen molar-refractivity contribution in [3.63, 3.8) is 0 Å². The van der Waals surface area contributed by atoms with Crippen molar-refractivity contribution in [1.82, 2.24) is 0 Å². The number of nitrogens with two attached hydrogens (primary N) is 1. The Morgan fingerprint density at radius 3 is 2.60 bits per heavy atom. The Bertz CT molecular complexity index is 428. The van der Waals surface area contributed by atoms with Crippen LogP contribution in [0.1, 0.15) is 22.0 Å². The number of fused-ring (bicyclic) bond motifs is 1. The normalized spacial score (nSPS) is 19.9. The Labute approximate surface area is 82.6 Å². The van der Waals surface area contributed by atoms with Crippen molar-refractivity contribution < 1.29 is 22.7 Å². The van der Waals surface area contributed by atoms with Gasteiger partial charge in [-0.05, 0) is 12.1 Å². The number of ether oxygens (including phenoxy) is 1. The van der Waals surface area contributed by atoms with E-state index in [1.54, 1.807) is 0 Å². The molecule has 0 bridgehead atoms. The van der Waals surface area contributed by atoms with Crippen LogP contribution in [-0.4, -0.2) is 12.1 Å². The highest BCUT2D eigenvalue weighted by Crippen LogP contribution is 2.42. The van der Waals surface area contributed by atoms with Gasteiger partial charge in [-0.25, -0.2) is 4.79 Å². The third kappa shape index (κ3) is 1.51. The van der Waals surface area contributed by atoms with E-state index >= 15 is 0 Å². The fraction of sp³-hybridized carbons (Fsp3) is 0.222. The van der Waals surface area contributed by atoms with Gasteiger partial charge in [-0.1, -0.05) is 6.07 Å². The molecule has 0 aliphatic carbocycles. The van der Waals surface area contributed by atoms with Crippen LogP contribution in [0.4, 0.5) is 18.9 Å². The van der Waals surface area contributed by atoms with Crippen LogP contribution in [0, 0.1) is 0 Å². The van der Waals surface area contributed by atoms with E-state index in [1.807, 2.05) is 0 Å². The summed E-state index contributed by atoms with van der Waals surface area (Å²) in [6, 6.07) is 3.65. The van der Waals surface area contributed by atoms with Crippen molar-refractivity contribution in [3.8, 4) is 0 Å². The molecule has 0 radical (unpaired) electrons. The van der Waals surface area contributed by atoms with Gasteiger partial charge in [-0.2, -0.15) is 13.2 Å². The summed E-state index contributed by atoms with van der Waals surface area (Å²) in [5.74, 6) is -0.986. The Morgan fingerprint density at radius 2 is 2.00 bits per heavy atom. The van der Waals surface area contributed by atoms with E-state index in [4.69, 9.17) is 5.73 Å². The summed E-state index contributed by atoms with van der Waals surface area (Å²) in [5.41, 5.74) is 5.30. The first-order valence-electron chi connectivity index (χ1n) is 4.06. The smallest absolute Gasteiger partial charge is 0.429 e. The maximum Gasteiger partial charge on any atom is 0.429 e. The van der Waals surface area contributed by atoms with Gasteiger partial charge in [0.1, 0.15) is 0 Å². The molecule has 0 spiro atoms. The summed E-state index contributed by atoms with van der Waals surface area (Å²) >= 11 is 0. The number of hydrogen-bond donors (Lipinski definition) is 1. The van der Waals surface area contributed by atoms with E-state index in [1.165, 1.54) is 12.1 Å². The molecule has 1 unspecified atom stereocenters. The SMILES string of the molecule is Nc1ccc2c(c1)C(=O)OC2C(F)(F)F. The highest BCUT2D eigenvalue weighted by molar-refractivity contribution is 5.95. The standard InChI is InChI=1S/C9H6F3NO2/c10-9(11,12)7-5-2-1-4(13)3-6(5)8(14)15-7/h1-3,7H,13H2. The van der Waals surface area contributed by atoms with Crippen molar-refractivity contribution in [3.05, 3.63) is 29.3 Å². The zero-order valence-corrected chi connectivity index (χ0v) is 7.34. The largest absolute Gasteiger partial charge is 0.444 e. The number of halogens is 3. The summed E-state index contributed by atoms with van der Waals surface area (Å²) in [6.45, 7) is 0. The summed E-state index contributed by atoms with van der Waals surface area (Å²) in [7, 11) is 0. The van der Waals surface area contributed by atoms with Gasteiger partial charge in [0.25, 0.3) is 0 Å². The van der Waals surface area contributed by atoms with Gasteiger partial charge in [0.15, 0.2) is 0 Å². The number of nitrogen functional groups attached to an aromatic ring is 1. The topological polar surface area (TPSA) is 52.3 Å². The molecule has 6 heteroatoms. The maximum atomic E-state index is 12.4. The number of carbonyl (C=O) groups excluding carboxylic acids is 1. The molecule has 2 N–H and O–H groups in total. The lowest BCUT2D eigenvalue weighted by atomic mass is 10.0. The molecule has 0 amide bonds. The summed E-state index contributed by atoms with van der Waals surface area (Å²) in [6.07, 6.45) is -6.75. The van der Waals surface area contributed by atoms with Crippen molar-refractivity contribution in [2.45, 2.75) is 12.3 Å². The molecule has 0 saturated carbocycles. The van der Waals surface area contributed by atoms with E-state index in [9.17, 15) is 18.0 Å². The van der Waals surface area contributed by atoms with Crippen LogP contribution in [0.5, 0.6) is 0 Å². The number of benzene rings is 1. The first-order valence-corrected chi connectivity index (χ1v) is 4.06. The molecule has 0 saturated heterocycles. The summed E-state index contributed by atoms with van der Waals surface area (Å²) in [4.78, 5) is 11.1. The molecule has 15 heavy (non-hydrogen) atoms. The highest BCUT2D eigenvalue weighted by atomic mass is 19.4. The predicted octanol–water partition coefficient (Wildman–Crippen LogP) is 2.04. The molecule has 1 aliphatic rings. The molecule has 1 heterocycles. The number of anilines is 1. The second-order valence-corrected chi connectivity index (χ2v) is 3.17. The quantitative estimate of drug-likeness (QED) is 0.534. The van der Waals surface area contributed by atoms with Gasteiger partial charge >= 0.3 is 12.1 Å². The van der Waals surface area contributed by atoms with Gasteiger partial charge in [0.2, 0.25) is 6.10 Å². The van der Waals surface area contributed by atoms with Crippen LogP contribution in [-0.2, 0) is 4.74 Å². The first-order chi connectivity index (χ1) is 6.89. The lowest BCUT2D eigenvalue weighted by molar-refractivity contribution is -0.203. The molecule has 2 rings (SSSR count). The van der Waals surface area contributed by atoms with Gasteiger partial charge in [0, 0.05) is 11.3 Å². The van der Waals surface area contributed by atoms with Crippen molar-refractivity contribution in [1.29, 1.82) is 0 Å². The minimum atomic E-state index is -4.59. The minimum absolute atomic E-state index is 0.114. The molecular weight excluding hydrogens is 211 g/mol. The van der Waals surface area contributed by atoms with Crippen LogP contribution in [0.3, 0.4) is 0 Å². The Balaban J connectivity index is 2.52. The Kier molecular flexibility index (Phi) is 1.89. The second-order valence-electron chi connectivity index (χ2n) is 3.17. The number of carbonyl (C=O) groups is 1. The molecule has 1 aromatic carbocycles. The van der Waals surface area contributed by atoms with Crippen molar-refractivity contribution in [2.24, 2.45) is 0 Å². The molecule has 0 aromatic heterocycles. The summed E-state index contributed by atoms with van der Waals surface area (Å²) in [5, 5.41) is 0. The Hall–Kier alpha value is -1.72. The van der Waals surface area contributed by atoms with Crippen molar-refractivity contribution in [2.75, 3.05) is 5.73 Å². The lowest BCUT2D eigenvalue weighted by Crippen LogP contribution is -2.20. The highest BCUT2D eigenvalue weighted by Gasteiger charge is 2.49. The monoisotopic (exact) mass is 217 g/mol. The van der Waals surface area contributed by atoms with E-state index in [2.05, 4.69) is 4.74 Å². The second kappa shape index (κ2) is 2.88. The fourth-order valence-corrected chi connectivity index (χ4v) is 1.46. The third-order valence-electron chi connectivity index (χ3n) is 2.10.